The summed E-state index contributed by atoms with van der Waals surface area (Å²) in [5, 5.41) is 2.61. The Bertz CT molecular complexity index is 494. The van der Waals surface area contributed by atoms with Crippen LogP contribution in [0.15, 0.2) is 12.3 Å². The van der Waals surface area contributed by atoms with Crippen molar-refractivity contribution in [2.75, 3.05) is 26.1 Å². The molecule has 1 rings (SSSR count). The Morgan fingerprint density at radius 2 is 2.16 bits per heavy atom. The number of nitrogens with one attached hydrogen (secondary N) is 1. The van der Waals surface area contributed by atoms with Gasteiger partial charge in [-0.1, -0.05) is 18.5 Å². The molecule has 19 heavy (non-hydrogen) atoms. The molecule has 0 radical (unpaired) electrons. The van der Waals surface area contributed by atoms with Crippen molar-refractivity contribution >= 4 is 29.1 Å². The summed E-state index contributed by atoms with van der Waals surface area (Å²) < 4.78 is 12.3. The highest BCUT2D eigenvalue weighted by atomic mass is 35.5. The molecule has 1 aromatic rings. The number of nitrogens with zero attached hydrogens (tertiary/aromatic N) is 2. The van der Waals surface area contributed by atoms with Crippen LogP contribution in [-0.4, -0.2) is 42.5 Å². The summed E-state index contributed by atoms with van der Waals surface area (Å²) in [5.41, 5.74) is 0.425. The minimum atomic E-state index is -0.748. The first-order valence-corrected chi connectivity index (χ1v) is 5.98. The van der Waals surface area contributed by atoms with Crippen LogP contribution in [0.2, 0.25) is 5.02 Å². The van der Waals surface area contributed by atoms with Gasteiger partial charge in [0.2, 0.25) is 5.91 Å². The number of anilines is 1. The van der Waals surface area contributed by atoms with E-state index in [1.807, 2.05) is 0 Å². The van der Waals surface area contributed by atoms with Gasteiger partial charge < -0.3 is 10.2 Å². The second-order valence-electron chi connectivity index (χ2n) is 4.30. The average Bonchev–Trinajstić information content (AvgIpc) is 2.37. The molecule has 0 aliphatic heterocycles. The molecule has 1 heterocycles. The van der Waals surface area contributed by atoms with Crippen LogP contribution in [0.4, 0.5) is 10.1 Å². The van der Waals surface area contributed by atoms with E-state index in [1.165, 1.54) is 24.1 Å². The van der Waals surface area contributed by atoms with Gasteiger partial charge >= 0.3 is 0 Å². The zero-order valence-corrected chi connectivity index (χ0v) is 11.7. The van der Waals surface area contributed by atoms with E-state index in [-0.39, 0.29) is 16.6 Å². The molecule has 0 saturated heterocycles. The van der Waals surface area contributed by atoms with Gasteiger partial charge in [0.1, 0.15) is 12.4 Å². The highest BCUT2D eigenvalue weighted by molar-refractivity contribution is 6.33. The quantitative estimate of drug-likeness (QED) is 0.921. The zero-order valence-electron chi connectivity index (χ0n) is 10.9. The van der Waals surface area contributed by atoms with E-state index in [4.69, 9.17) is 11.6 Å². The van der Waals surface area contributed by atoms with E-state index in [1.54, 1.807) is 14.1 Å². The summed E-state index contributed by atoms with van der Waals surface area (Å²) >= 11 is 5.93. The second-order valence-corrected chi connectivity index (χ2v) is 4.71. The van der Waals surface area contributed by atoms with Gasteiger partial charge in [0.15, 0.2) is 0 Å². The summed E-state index contributed by atoms with van der Waals surface area (Å²) in [4.78, 5) is 28.4. The number of aromatic nitrogens is 1. The largest absolute Gasteiger partial charge is 0.343 e. The first kappa shape index (κ1) is 15.4. The third-order valence-electron chi connectivity index (χ3n) is 2.40. The molecular formula is C12H15ClFN3O2. The Morgan fingerprint density at radius 1 is 1.53 bits per heavy atom. The van der Waals surface area contributed by atoms with Crippen molar-refractivity contribution < 1.29 is 14.0 Å². The van der Waals surface area contributed by atoms with Crippen molar-refractivity contribution in [1.29, 1.82) is 0 Å². The number of hydrogen-bond donors (Lipinski definition) is 1. The minimum Gasteiger partial charge on any atom is -0.343 e. The van der Waals surface area contributed by atoms with Crippen LogP contribution in [0.5, 0.6) is 0 Å². The van der Waals surface area contributed by atoms with Crippen molar-refractivity contribution in [2.45, 2.75) is 6.92 Å². The van der Waals surface area contributed by atoms with E-state index in [9.17, 15) is 14.0 Å². The maximum Gasteiger partial charge on any atom is 0.273 e. The molecule has 2 amide bonds. The molecule has 0 aliphatic carbocycles. The molecule has 0 aliphatic rings. The Kier molecular flexibility index (Phi) is 5.23. The molecule has 1 aromatic heterocycles. The first-order valence-electron chi connectivity index (χ1n) is 5.60. The fourth-order valence-corrected chi connectivity index (χ4v) is 1.46. The number of rotatable bonds is 4. The van der Waals surface area contributed by atoms with Gasteiger partial charge in [-0.25, -0.2) is 4.98 Å². The van der Waals surface area contributed by atoms with Crippen molar-refractivity contribution in [3.05, 3.63) is 23.0 Å². The third-order valence-corrected chi connectivity index (χ3v) is 2.68. The van der Waals surface area contributed by atoms with Crippen LogP contribution in [0.25, 0.3) is 0 Å². The van der Waals surface area contributed by atoms with Gasteiger partial charge in [-0.05, 0) is 6.07 Å². The fraction of sp³-hybridized carbons (Fsp3) is 0.417. The van der Waals surface area contributed by atoms with Gasteiger partial charge in [-0.15, -0.1) is 0 Å². The predicted molar refractivity (Wildman–Crippen MR) is 71.0 cm³/mol. The number of hydrogen-bond acceptors (Lipinski definition) is 3. The van der Waals surface area contributed by atoms with Crippen molar-refractivity contribution in [3.63, 3.8) is 0 Å². The van der Waals surface area contributed by atoms with Gasteiger partial charge in [0.05, 0.1) is 22.8 Å². The number of halogens is 2. The van der Waals surface area contributed by atoms with Crippen molar-refractivity contribution in [2.24, 2.45) is 5.92 Å². The minimum absolute atomic E-state index is 0.100. The topological polar surface area (TPSA) is 62.3 Å². The smallest absolute Gasteiger partial charge is 0.273 e. The lowest BCUT2D eigenvalue weighted by atomic mass is 10.2. The fourth-order valence-electron chi connectivity index (χ4n) is 1.21. The van der Waals surface area contributed by atoms with E-state index in [0.29, 0.717) is 5.69 Å². The molecule has 7 heteroatoms. The summed E-state index contributed by atoms with van der Waals surface area (Å²) in [6.45, 7) is 0.721. The van der Waals surface area contributed by atoms with Crippen molar-refractivity contribution in [1.82, 2.24) is 9.88 Å². The lowest BCUT2D eigenvalue weighted by Gasteiger charge is -2.12. The molecule has 104 valence electrons. The van der Waals surface area contributed by atoms with E-state index in [0.717, 1.165) is 0 Å². The Balaban J connectivity index is 2.89. The van der Waals surface area contributed by atoms with E-state index >= 15 is 0 Å². The van der Waals surface area contributed by atoms with Crippen LogP contribution >= 0.6 is 11.6 Å². The van der Waals surface area contributed by atoms with Crippen LogP contribution < -0.4 is 5.32 Å². The molecule has 1 unspecified atom stereocenters. The normalized spacial score (nSPS) is 11.8. The van der Waals surface area contributed by atoms with Crippen LogP contribution in [0.3, 0.4) is 0 Å². The molecule has 0 spiro atoms. The standard InChI is InChI=1S/C12H15ClFN3O2/c1-7(5-14)11(18)16-8-4-9(13)10(15-6-8)12(19)17(2)3/h4,6-7H,5H2,1-3H3,(H,16,18). The van der Waals surface area contributed by atoms with Gasteiger partial charge in [-0.2, -0.15) is 0 Å². The average molecular weight is 288 g/mol. The highest BCUT2D eigenvalue weighted by Crippen LogP contribution is 2.20. The van der Waals surface area contributed by atoms with Crippen molar-refractivity contribution in [3.8, 4) is 0 Å². The molecule has 0 bridgehead atoms. The van der Waals surface area contributed by atoms with E-state index < -0.39 is 18.5 Å². The summed E-state index contributed by atoms with van der Waals surface area (Å²) in [6, 6.07) is 1.41. The van der Waals surface area contributed by atoms with Gasteiger partial charge in [0, 0.05) is 14.1 Å². The zero-order chi connectivity index (χ0) is 14.6. The lowest BCUT2D eigenvalue weighted by Crippen LogP contribution is -2.24. The third kappa shape index (κ3) is 3.89. The molecule has 1 atom stereocenters. The number of alkyl halides is 1. The number of carbonyl (C=O) groups excluding carboxylic acids is 2. The number of amides is 2. The molecule has 1 N–H and O–H groups in total. The molecule has 0 fully saturated rings. The van der Waals surface area contributed by atoms with Crippen LogP contribution in [0, 0.1) is 5.92 Å². The highest BCUT2D eigenvalue weighted by Gasteiger charge is 2.17. The Hall–Kier alpha value is -1.69. The molecule has 0 aromatic carbocycles. The summed E-state index contributed by atoms with van der Waals surface area (Å²) in [5.74, 6) is -1.55. The van der Waals surface area contributed by atoms with Crippen LogP contribution in [0.1, 0.15) is 17.4 Å². The molecule has 0 saturated carbocycles. The first-order chi connectivity index (χ1) is 8.86. The number of pyridine rings is 1. The molecular weight excluding hydrogens is 273 g/mol. The predicted octanol–water partition coefficient (Wildman–Crippen LogP) is 1.98. The SMILES string of the molecule is CC(CF)C(=O)Nc1cnc(C(=O)N(C)C)c(Cl)c1. The van der Waals surface area contributed by atoms with Gasteiger partial charge in [-0.3, -0.25) is 14.0 Å². The van der Waals surface area contributed by atoms with Crippen LogP contribution in [-0.2, 0) is 4.79 Å². The second kappa shape index (κ2) is 6.47. The summed E-state index contributed by atoms with van der Waals surface area (Å²) in [7, 11) is 3.16. The Labute approximate surface area is 115 Å². The van der Waals surface area contributed by atoms with E-state index in [2.05, 4.69) is 10.3 Å². The van der Waals surface area contributed by atoms with Gasteiger partial charge in [0.25, 0.3) is 5.91 Å². The number of carbonyl (C=O) groups is 2. The lowest BCUT2D eigenvalue weighted by molar-refractivity contribution is -0.119. The molecule has 5 nitrogen and oxygen atoms in total. The Morgan fingerprint density at radius 3 is 2.63 bits per heavy atom. The maximum atomic E-state index is 12.3. The summed E-state index contributed by atoms with van der Waals surface area (Å²) in [6.07, 6.45) is 1.31. The monoisotopic (exact) mass is 287 g/mol. The maximum absolute atomic E-state index is 12.3.